The van der Waals surface area contributed by atoms with E-state index in [-0.39, 0.29) is 23.8 Å². The van der Waals surface area contributed by atoms with E-state index in [1.807, 2.05) is 13.1 Å². The van der Waals surface area contributed by atoms with E-state index in [0.29, 0.717) is 18.8 Å². The summed E-state index contributed by atoms with van der Waals surface area (Å²) in [6.45, 7) is 11.1. The molecule has 0 unspecified atom stereocenters. The number of anilines is 1. The van der Waals surface area contributed by atoms with Crippen LogP contribution in [0.3, 0.4) is 0 Å². The largest absolute Gasteiger partial charge is 0.333 e. The van der Waals surface area contributed by atoms with Gasteiger partial charge in [0.05, 0.1) is 12.2 Å². The molecule has 1 rings (SSSR count). The molecule has 0 radical (unpaired) electrons. The van der Waals surface area contributed by atoms with Gasteiger partial charge in [-0.2, -0.15) is 5.10 Å². The summed E-state index contributed by atoms with van der Waals surface area (Å²) in [4.78, 5) is 26.4. The molecule has 0 bridgehead atoms. The lowest BCUT2D eigenvalue weighted by atomic mass is 9.92. The quantitative estimate of drug-likeness (QED) is 0.741. The summed E-state index contributed by atoms with van der Waals surface area (Å²) in [6.07, 6.45) is 4.25. The molecule has 1 N–H and O–H groups in total. The average Bonchev–Trinajstić information content (AvgIpc) is 2.90. The molecule has 0 saturated heterocycles. The second kappa shape index (κ2) is 9.59. The third-order valence-corrected chi connectivity index (χ3v) is 4.13. The maximum absolute atomic E-state index is 12.4. The van der Waals surface area contributed by atoms with Crippen molar-refractivity contribution in [2.75, 3.05) is 18.4 Å². The van der Waals surface area contributed by atoms with Gasteiger partial charge in [0.1, 0.15) is 5.82 Å². The second-order valence-corrected chi connectivity index (χ2v) is 7.61. The van der Waals surface area contributed by atoms with Crippen LogP contribution in [0, 0.1) is 0 Å². The van der Waals surface area contributed by atoms with Crippen LogP contribution in [0.2, 0.25) is 0 Å². The Morgan fingerprint density at radius 1 is 1.20 bits per heavy atom. The minimum Gasteiger partial charge on any atom is -0.333 e. The first-order valence-corrected chi connectivity index (χ1v) is 9.31. The van der Waals surface area contributed by atoms with Crippen LogP contribution in [-0.2, 0) is 22.1 Å². The normalized spacial score (nSPS) is 11.4. The first kappa shape index (κ1) is 21.2. The van der Waals surface area contributed by atoms with Crippen molar-refractivity contribution in [1.29, 1.82) is 0 Å². The van der Waals surface area contributed by atoms with Gasteiger partial charge < -0.3 is 10.2 Å². The Balaban J connectivity index is 2.73. The van der Waals surface area contributed by atoms with Gasteiger partial charge in [0.15, 0.2) is 0 Å². The fourth-order valence-corrected chi connectivity index (χ4v) is 2.43. The number of aryl methyl sites for hydroxylation is 1. The highest BCUT2D eigenvalue weighted by Gasteiger charge is 2.21. The number of hydrogen-bond acceptors (Lipinski definition) is 3. The van der Waals surface area contributed by atoms with Crippen molar-refractivity contribution in [1.82, 2.24) is 14.7 Å². The molecule has 0 aliphatic rings. The van der Waals surface area contributed by atoms with Crippen LogP contribution >= 0.6 is 0 Å². The summed E-state index contributed by atoms with van der Waals surface area (Å²) in [7, 11) is 1.81. The zero-order valence-corrected chi connectivity index (χ0v) is 16.7. The fraction of sp³-hybridized carbons (Fsp3) is 0.737. The summed E-state index contributed by atoms with van der Waals surface area (Å²) in [5.41, 5.74) is 0.844. The monoisotopic (exact) mass is 350 g/mol. The van der Waals surface area contributed by atoms with Crippen LogP contribution < -0.4 is 5.32 Å². The van der Waals surface area contributed by atoms with Gasteiger partial charge in [-0.05, 0) is 12.8 Å². The van der Waals surface area contributed by atoms with Gasteiger partial charge in [0.2, 0.25) is 11.8 Å². The zero-order valence-electron chi connectivity index (χ0n) is 16.7. The topological polar surface area (TPSA) is 67.2 Å². The molecule has 1 heterocycles. The van der Waals surface area contributed by atoms with E-state index in [4.69, 9.17) is 0 Å². The van der Waals surface area contributed by atoms with Gasteiger partial charge in [-0.25, -0.2) is 0 Å². The van der Waals surface area contributed by atoms with Gasteiger partial charge in [-0.1, -0.05) is 47.5 Å². The molecule has 0 fully saturated rings. The molecular weight excluding hydrogens is 316 g/mol. The van der Waals surface area contributed by atoms with Crippen molar-refractivity contribution in [3.63, 3.8) is 0 Å². The molecule has 6 heteroatoms. The number of nitrogens with one attached hydrogen (secondary N) is 1. The van der Waals surface area contributed by atoms with Gasteiger partial charge in [0.25, 0.3) is 0 Å². The molecule has 0 spiro atoms. The summed E-state index contributed by atoms with van der Waals surface area (Å²) in [6, 6.07) is 1.90. The second-order valence-electron chi connectivity index (χ2n) is 7.61. The first-order chi connectivity index (χ1) is 11.7. The molecule has 0 saturated carbocycles. The number of carbonyl (C=O) groups excluding carboxylic acids is 2. The Morgan fingerprint density at radius 2 is 1.84 bits per heavy atom. The van der Waals surface area contributed by atoms with Gasteiger partial charge in [0, 0.05) is 31.5 Å². The van der Waals surface area contributed by atoms with Crippen LogP contribution in [0.5, 0.6) is 0 Å². The predicted molar refractivity (Wildman–Crippen MR) is 102 cm³/mol. The lowest BCUT2D eigenvalue weighted by molar-refractivity contribution is -0.134. The molecule has 1 aromatic heterocycles. The lowest BCUT2D eigenvalue weighted by Crippen LogP contribution is -2.38. The van der Waals surface area contributed by atoms with Crippen LogP contribution in [0.1, 0.15) is 72.4 Å². The van der Waals surface area contributed by atoms with Crippen LogP contribution in [0.4, 0.5) is 5.82 Å². The molecule has 0 atom stereocenters. The van der Waals surface area contributed by atoms with E-state index in [0.717, 1.165) is 31.4 Å². The highest BCUT2D eigenvalue weighted by atomic mass is 16.2. The highest BCUT2D eigenvalue weighted by Crippen LogP contribution is 2.23. The van der Waals surface area contributed by atoms with E-state index >= 15 is 0 Å². The summed E-state index contributed by atoms with van der Waals surface area (Å²) in [5.74, 6) is 0.543. The highest BCUT2D eigenvalue weighted by molar-refractivity contribution is 5.94. The summed E-state index contributed by atoms with van der Waals surface area (Å²) in [5, 5.41) is 7.35. The van der Waals surface area contributed by atoms with E-state index in [1.165, 1.54) is 0 Å². The average molecular weight is 351 g/mol. The zero-order chi connectivity index (χ0) is 19.0. The third-order valence-electron chi connectivity index (χ3n) is 4.13. The molecule has 1 aromatic rings. The molecule has 142 valence electrons. The lowest BCUT2D eigenvalue weighted by Gasteiger charge is -2.22. The Morgan fingerprint density at radius 3 is 2.36 bits per heavy atom. The SMILES string of the molecule is CCCCC(=O)N(CCCC)CC(=O)Nc1cc(C(C)(C)C)nn1C. The third kappa shape index (κ3) is 6.88. The van der Waals surface area contributed by atoms with Crippen LogP contribution in [0.25, 0.3) is 0 Å². The van der Waals surface area contributed by atoms with E-state index in [9.17, 15) is 9.59 Å². The molecular formula is C19H34N4O2. The maximum Gasteiger partial charge on any atom is 0.245 e. The minimum absolute atomic E-state index is 0.0610. The smallest absolute Gasteiger partial charge is 0.245 e. The number of unbranched alkanes of at least 4 members (excludes halogenated alkanes) is 2. The van der Waals surface area contributed by atoms with Crippen LogP contribution in [0.15, 0.2) is 6.07 Å². The number of rotatable bonds is 9. The molecule has 6 nitrogen and oxygen atoms in total. The van der Waals surface area contributed by atoms with Crippen molar-refractivity contribution >= 4 is 17.6 Å². The number of carbonyl (C=O) groups is 2. The summed E-state index contributed by atoms with van der Waals surface area (Å²) >= 11 is 0. The Hall–Kier alpha value is -1.85. The van der Waals surface area contributed by atoms with E-state index in [1.54, 1.807) is 9.58 Å². The molecule has 0 aliphatic heterocycles. The number of aromatic nitrogens is 2. The van der Waals surface area contributed by atoms with Crippen LogP contribution in [-0.4, -0.2) is 39.6 Å². The van der Waals surface area contributed by atoms with E-state index < -0.39 is 0 Å². The summed E-state index contributed by atoms with van der Waals surface area (Å²) < 4.78 is 1.67. The molecule has 0 aliphatic carbocycles. The maximum atomic E-state index is 12.4. The number of amides is 2. The Labute approximate surface area is 152 Å². The van der Waals surface area contributed by atoms with Crippen molar-refractivity contribution in [3.05, 3.63) is 11.8 Å². The number of nitrogens with zero attached hydrogens (tertiary/aromatic N) is 3. The van der Waals surface area contributed by atoms with Gasteiger partial charge >= 0.3 is 0 Å². The Kier molecular flexibility index (Phi) is 8.13. The standard InChI is InChI=1S/C19H34N4O2/c1-7-9-11-18(25)23(12-10-8-2)14-17(24)20-16-13-15(19(3,4)5)21-22(16)6/h13H,7-12,14H2,1-6H3,(H,20,24). The predicted octanol–water partition coefficient (Wildman–Crippen LogP) is 3.48. The van der Waals surface area contributed by atoms with Gasteiger partial charge in [-0.3, -0.25) is 14.3 Å². The number of hydrogen-bond donors (Lipinski definition) is 1. The van der Waals surface area contributed by atoms with Crippen molar-refractivity contribution < 1.29 is 9.59 Å². The van der Waals surface area contributed by atoms with Gasteiger partial charge in [-0.15, -0.1) is 0 Å². The molecule has 0 aromatic carbocycles. The Bertz CT molecular complexity index is 572. The fourth-order valence-electron chi connectivity index (χ4n) is 2.43. The van der Waals surface area contributed by atoms with Crippen molar-refractivity contribution in [2.45, 2.75) is 72.1 Å². The molecule has 2 amide bonds. The first-order valence-electron chi connectivity index (χ1n) is 9.31. The van der Waals surface area contributed by atoms with Crippen molar-refractivity contribution in [2.24, 2.45) is 7.05 Å². The molecule has 25 heavy (non-hydrogen) atoms. The van der Waals surface area contributed by atoms with Crippen molar-refractivity contribution in [3.8, 4) is 0 Å². The van der Waals surface area contributed by atoms with E-state index in [2.05, 4.69) is 45.0 Å². The minimum atomic E-state index is -0.176.